The molecule has 1 aromatic carbocycles. The Balaban J connectivity index is 2.01. The van der Waals surface area contributed by atoms with Gasteiger partial charge in [-0.15, -0.1) is 0 Å². The van der Waals surface area contributed by atoms with Crippen LogP contribution in [0.2, 0.25) is 5.02 Å². The van der Waals surface area contributed by atoms with Crippen LogP contribution in [0.1, 0.15) is 22.5 Å². The second-order valence-corrected chi connectivity index (χ2v) is 5.43. The molecule has 1 aliphatic rings. The summed E-state index contributed by atoms with van der Waals surface area (Å²) in [6.45, 7) is 3.17. The van der Waals surface area contributed by atoms with Crippen molar-refractivity contribution in [1.82, 2.24) is 4.90 Å². The van der Waals surface area contributed by atoms with Crippen molar-refractivity contribution in [1.29, 1.82) is 0 Å². The van der Waals surface area contributed by atoms with Gasteiger partial charge in [0.25, 0.3) is 5.91 Å². The molecule has 4 nitrogen and oxygen atoms in total. The number of benzene rings is 1. The number of hydrogen-bond acceptors (Lipinski definition) is 3. The highest BCUT2D eigenvalue weighted by Gasteiger charge is 2.28. The van der Waals surface area contributed by atoms with Crippen molar-refractivity contribution in [2.24, 2.45) is 5.73 Å². The number of likely N-dealkylation sites (tertiary alicyclic amines) is 1. The second kappa shape index (κ2) is 4.54. The lowest BCUT2D eigenvalue weighted by atomic mass is 10.1. The van der Waals surface area contributed by atoms with Crippen molar-refractivity contribution < 1.29 is 9.21 Å². The van der Waals surface area contributed by atoms with Crippen molar-refractivity contribution >= 4 is 28.5 Å². The fourth-order valence-corrected chi connectivity index (χ4v) is 2.68. The average Bonchev–Trinajstić information content (AvgIpc) is 2.94. The van der Waals surface area contributed by atoms with E-state index < -0.39 is 0 Å². The fourth-order valence-electron chi connectivity index (χ4n) is 2.51. The molecule has 100 valence electrons. The molecule has 1 aliphatic heterocycles. The van der Waals surface area contributed by atoms with E-state index in [-0.39, 0.29) is 11.9 Å². The fraction of sp³-hybridized carbons (Fsp3) is 0.357. The zero-order valence-electron chi connectivity index (χ0n) is 10.6. The highest BCUT2D eigenvalue weighted by molar-refractivity contribution is 6.31. The van der Waals surface area contributed by atoms with Gasteiger partial charge in [0, 0.05) is 35.1 Å². The molecule has 1 aromatic heterocycles. The molecule has 0 unspecified atom stereocenters. The zero-order chi connectivity index (χ0) is 13.6. The molecule has 0 radical (unpaired) electrons. The van der Waals surface area contributed by atoms with Gasteiger partial charge in [0.15, 0.2) is 5.76 Å². The van der Waals surface area contributed by atoms with Crippen LogP contribution in [0.5, 0.6) is 0 Å². The Morgan fingerprint density at radius 2 is 2.32 bits per heavy atom. The van der Waals surface area contributed by atoms with Crippen LogP contribution in [-0.4, -0.2) is 29.9 Å². The van der Waals surface area contributed by atoms with Gasteiger partial charge >= 0.3 is 0 Å². The van der Waals surface area contributed by atoms with Crippen molar-refractivity contribution in [2.45, 2.75) is 19.4 Å². The smallest absolute Gasteiger partial charge is 0.289 e. The third-order valence-electron chi connectivity index (χ3n) is 3.60. The molecule has 0 saturated carbocycles. The van der Waals surface area contributed by atoms with Gasteiger partial charge in [0.2, 0.25) is 0 Å². The van der Waals surface area contributed by atoms with Gasteiger partial charge in [0.05, 0.1) is 0 Å². The first-order chi connectivity index (χ1) is 9.06. The molecule has 1 saturated heterocycles. The first kappa shape index (κ1) is 12.5. The molecule has 1 atom stereocenters. The van der Waals surface area contributed by atoms with Gasteiger partial charge in [-0.05, 0) is 31.5 Å². The van der Waals surface area contributed by atoms with E-state index in [0.29, 0.717) is 29.5 Å². The molecule has 3 rings (SSSR count). The zero-order valence-corrected chi connectivity index (χ0v) is 11.4. The van der Waals surface area contributed by atoms with Crippen LogP contribution in [0.3, 0.4) is 0 Å². The maximum Gasteiger partial charge on any atom is 0.289 e. The summed E-state index contributed by atoms with van der Waals surface area (Å²) in [6, 6.07) is 5.44. The quantitative estimate of drug-likeness (QED) is 0.872. The monoisotopic (exact) mass is 278 g/mol. The Bertz CT molecular complexity index is 650. The summed E-state index contributed by atoms with van der Waals surface area (Å²) in [4.78, 5) is 14.2. The van der Waals surface area contributed by atoms with Crippen LogP contribution in [0.4, 0.5) is 0 Å². The van der Waals surface area contributed by atoms with E-state index in [2.05, 4.69) is 0 Å². The minimum atomic E-state index is -0.0854. The summed E-state index contributed by atoms with van der Waals surface area (Å²) >= 11 is 5.97. The van der Waals surface area contributed by atoms with Crippen LogP contribution < -0.4 is 5.73 Å². The minimum Gasteiger partial charge on any atom is -0.451 e. The summed E-state index contributed by atoms with van der Waals surface area (Å²) in [7, 11) is 0. The van der Waals surface area contributed by atoms with E-state index in [1.54, 1.807) is 17.0 Å². The Morgan fingerprint density at radius 3 is 3.00 bits per heavy atom. The Morgan fingerprint density at radius 1 is 1.53 bits per heavy atom. The SMILES string of the molecule is Cc1c(C(=O)N2CC[C@H](N)C2)oc2ccc(Cl)cc12. The molecular formula is C14H15ClN2O2. The molecule has 0 bridgehead atoms. The number of fused-ring (bicyclic) bond motifs is 1. The molecule has 0 aliphatic carbocycles. The third kappa shape index (κ3) is 2.11. The highest BCUT2D eigenvalue weighted by Crippen LogP contribution is 2.29. The van der Waals surface area contributed by atoms with E-state index in [4.69, 9.17) is 21.8 Å². The first-order valence-corrected chi connectivity index (χ1v) is 6.67. The Labute approximate surface area is 116 Å². The van der Waals surface area contributed by atoms with Gasteiger partial charge in [0.1, 0.15) is 5.58 Å². The second-order valence-electron chi connectivity index (χ2n) is 5.00. The summed E-state index contributed by atoms with van der Waals surface area (Å²) in [5.74, 6) is 0.309. The largest absolute Gasteiger partial charge is 0.451 e. The third-order valence-corrected chi connectivity index (χ3v) is 3.84. The van der Waals surface area contributed by atoms with Crippen molar-refractivity contribution in [3.8, 4) is 0 Å². The molecule has 2 N–H and O–H groups in total. The molecule has 2 heterocycles. The lowest BCUT2D eigenvalue weighted by molar-refractivity contribution is 0.0760. The molecule has 2 aromatic rings. The maximum absolute atomic E-state index is 12.4. The lowest BCUT2D eigenvalue weighted by Gasteiger charge is -2.14. The molecule has 1 fully saturated rings. The summed E-state index contributed by atoms with van der Waals surface area (Å²) in [5.41, 5.74) is 7.36. The average molecular weight is 279 g/mol. The molecule has 0 spiro atoms. The molecule has 1 amide bonds. The van der Waals surface area contributed by atoms with Crippen molar-refractivity contribution in [3.63, 3.8) is 0 Å². The van der Waals surface area contributed by atoms with Crippen LogP contribution in [0.15, 0.2) is 22.6 Å². The number of nitrogens with two attached hydrogens (primary N) is 1. The van der Waals surface area contributed by atoms with Crippen LogP contribution in [0, 0.1) is 6.92 Å². The van der Waals surface area contributed by atoms with Crippen molar-refractivity contribution in [3.05, 3.63) is 34.5 Å². The number of halogens is 1. The van der Waals surface area contributed by atoms with E-state index >= 15 is 0 Å². The lowest BCUT2D eigenvalue weighted by Crippen LogP contribution is -2.31. The van der Waals surface area contributed by atoms with Crippen LogP contribution >= 0.6 is 11.6 Å². The molecule has 19 heavy (non-hydrogen) atoms. The standard InChI is InChI=1S/C14H15ClN2O2/c1-8-11-6-9(15)2-3-12(11)19-13(8)14(18)17-5-4-10(16)7-17/h2-3,6,10H,4-5,7,16H2,1H3/t10-/m0/s1. The molecule has 5 heteroatoms. The molecular weight excluding hydrogens is 264 g/mol. The van der Waals surface area contributed by atoms with Gasteiger partial charge in [-0.25, -0.2) is 0 Å². The highest BCUT2D eigenvalue weighted by atomic mass is 35.5. The van der Waals surface area contributed by atoms with E-state index in [1.807, 2.05) is 13.0 Å². The Hall–Kier alpha value is -1.52. The summed E-state index contributed by atoms with van der Waals surface area (Å²) < 4.78 is 5.67. The predicted octanol–water partition coefficient (Wildman–Crippen LogP) is 2.57. The normalized spacial score (nSPS) is 19.3. The number of furan rings is 1. The number of hydrogen-bond donors (Lipinski definition) is 1. The van der Waals surface area contributed by atoms with Gasteiger partial charge in [-0.1, -0.05) is 11.6 Å². The number of carbonyl (C=O) groups excluding carboxylic acids is 1. The minimum absolute atomic E-state index is 0.0723. The number of carbonyl (C=O) groups is 1. The van der Waals surface area contributed by atoms with E-state index in [0.717, 1.165) is 17.4 Å². The summed E-state index contributed by atoms with van der Waals surface area (Å²) in [5, 5.41) is 1.53. The van der Waals surface area contributed by atoms with Crippen LogP contribution in [0.25, 0.3) is 11.0 Å². The topological polar surface area (TPSA) is 59.5 Å². The Kier molecular flexibility index (Phi) is 2.99. The number of amides is 1. The van der Waals surface area contributed by atoms with Gasteiger partial charge in [-0.2, -0.15) is 0 Å². The van der Waals surface area contributed by atoms with E-state index in [1.165, 1.54) is 0 Å². The van der Waals surface area contributed by atoms with Gasteiger partial charge in [-0.3, -0.25) is 4.79 Å². The predicted molar refractivity (Wildman–Crippen MR) is 74.5 cm³/mol. The first-order valence-electron chi connectivity index (χ1n) is 6.30. The summed E-state index contributed by atoms with van der Waals surface area (Å²) in [6.07, 6.45) is 0.844. The van der Waals surface area contributed by atoms with Gasteiger partial charge < -0.3 is 15.1 Å². The maximum atomic E-state index is 12.4. The van der Waals surface area contributed by atoms with Crippen molar-refractivity contribution in [2.75, 3.05) is 13.1 Å². The van der Waals surface area contributed by atoms with E-state index in [9.17, 15) is 4.79 Å². The number of rotatable bonds is 1. The van der Waals surface area contributed by atoms with Crippen LogP contribution in [-0.2, 0) is 0 Å². The number of nitrogens with zero attached hydrogens (tertiary/aromatic N) is 1. The number of aryl methyl sites for hydroxylation is 1.